The number of carboxylic acid groups (broad SMARTS) is 1. The van der Waals surface area contributed by atoms with Gasteiger partial charge in [-0.15, -0.1) is 22.0 Å². The van der Waals surface area contributed by atoms with Crippen molar-refractivity contribution < 1.29 is 9.90 Å². The lowest BCUT2D eigenvalue weighted by atomic mass is 10.2. The van der Waals surface area contributed by atoms with Crippen LogP contribution in [-0.4, -0.2) is 27.5 Å². The van der Waals surface area contributed by atoms with Gasteiger partial charge in [0.15, 0.2) is 0 Å². The first-order chi connectivity index (χ1) is 9.20. The SMILES string of the molecule is CSc1nnc(NCc2ccccc2)cc1C(=O)O. The van der Waals surface area contributed by atoms with Gasteiger partial charge < -0.3 is 10.4 Å². The number of benzene rings is 1. The normalized spacial score (nSPS) is 10.2. The Morgan fingerprint density at radius 2 is 2.05 bits per heavy atom. The second-order valence-corrected chi connectivity index (χ2v) is 4.59. The van der Waals surface area contributed by atoms with Crippen molar-refractivity contribution in [3.05, 3.63) is 47.5 Å². The molecule has 0 aliphatic carbocycles. The van der Waals surface area contributed by atoms with Gasteiger partial charge in [0, 0.05) is 6.54 Å². The first-order valence-corrected chi connectivity index (χ1v) is 6.86. The Hall–Kier alpha value is -2.08. The minimum Gasteiger partial charge on any atom is -0.478 e. The van der Waals surface area contributed by atoms with Crippen LogP contribution >= 0.6 is 11.8 Å². The highest BCUT2D eigenvalue weighted by Gasteiger charge is 2.12. The highest BCUT2D eigenvalue weighted by atomic mass is 32.2. The van der Waals surface area contributed by atoms with Gasteiger partial charge in [0.1, 0.15) is 10.8 Å². The van der Waals surface area contributed by atoms with Crippen LogP contribution in [0.5, 0.6) is 0 Å². The van der Waals surface area contributed by atoms with Crippen molar-refractivity contribution in [1.82, 2.24) is 10.2 Å². The van der Waals surface area contributed by atoms with Gasteiger partial charge in [-0.05, 0) is 17.9 Å². The van der Waals surface area contributed by atoms with Gasteiger partial charge in [0.05, 0.1) is 5.56 Å². The lowest BCUT2D eigenvalue weighted by Crippen LogP contribution is -2.07. The molecule has 0 unspecified atom stereocenters. The molecule has 0 radical (unpaired) electrons. The Morgan fingerprint density at radius 1 is 1.32 bits per heavy atom. The number of carboxylic acids is 1. The van der Waals surface area contributed by atoms with Crippen LogP contribution in [0.3, 0.4) is 0 Å². The van der Waals surface area contributed by atoms with E-state index in [9.17, 15) is 4.79 Å². The van der Waals surface area contributed by atoms with E-state index in [1.807, 2.05) is 30.3 Å². The molecule has 0 spiro atoms. The predicted molar refractivity (Wildman–Crippen MR) is 74.5 cm³/mol. The zero-order valence-electron chi connectivity index (χ0n) is 10.3. The van der Waals surface area contributed by atoms with Crippen molar-refractivity contribution in [3.63, 3.8) is 0 Å². The fourth-order valence-corrected chi connectivity index (χ4v) is 2.05. The summed E-state index contributed by atoms with van der Waals surface area (Å²) in [5, 5.41) is 20.4. The number of hydrogen-bond donors (Lipinski definition) is 2. The Morgan fingerprint density at radius 3 is 2.68 bits per heavy atom. The highest BCUT2D eigenvalue weighted by molar-refractivity contribution is 7.98. The van der Waals surface area contributed by atoms with Crippen molar-refractivity contribution in [2.75, 3.05) is 11.6 Å². The fourth-order valence-electron chi connectivity index (χ4n) is 1.56. The van der Waals surface area contributed by atoms with Crippen LogP contribution in [0.15, 0.2) is 41.4 Å². The van der Waals surface area contributed by atoms with Gasteiger partial charge in [-0.3, -0.25) is 0 Å². The molecule has 2 aromatic rings. The van der Waals surface area contributed by atoms with E-state index in [2.05, 4.69) is 15.5 Å². The van der Waals surface area contributed by atoms with Crippen molar-refractivity contribution in [2.45, 2.75) is 11.6 Å². The van der Waals surface area contributed by atoms with Crippen LogP contribution in [-0.2, 0) is 6.54 Å². The molecule has 1 aromatic heterocycles. The Labute approximate surface area is 115 Å². The van der Waals surface area contributed by atoms with Gasteiger partial charge in [0.2, 0.25) is 0 Å². The third kappa shape index (κ3) is 3.45. The summed E-state index contributed by atoms with van der Waals surface area (Å²) in [5.74, 6) is -0.541. The van der Waals surface area contributed by atoms with E-state index in [1.54, 1.807) is 6.26 Å². The van der Waals surface area contributed by atoms with Crippen LogP contribution in [0.1, 0.15) is 15.9 Å². The van der Waals surface area contributed by atoms with Crippen LogP contribution in [0, 0.1) is 0 Å². The van der Waals surface area contributed by atoms with Gasteiger partial charge in [-0.2, -0.15) is 0 Å². The monoisotopic (exact) mass is 275 g/mol. The first kappa shape index (κ1) is 13.4. The molecular weight excluding hydrogens is 262 g/mol. The number of rotatable bonds is 5. The third-order valence-corrected chi connectivity index (χ3v) is 3.19. The number of nitrogens with zero attached hydrogens (tertiary/aromatic N) is 2. The molecule has 0 fully saturated rings. The molecule has 0 saturated carbocycles. The number of carbonyl (C=O) groups is 1. The molecule has 2 N–H and O–H groups in total. The molecule has 0 atom stereocenters. The Balaban J connectivity index is 2.13. The second-order valence-electron chi connectivity index (χ2n) is 3.80. The van der Waals surface area contributed by atoms with E-state index in [4.69, 9.17) is 5.11 Å². The van der Waals surface area contributed by atoms with Gasteiger partial charge in [-0.25, -0.2) is 4.79 Å². The Bertz CT molecular complexity index is 575. The van der Waals surface area contributed by atoms with Gasteiger partial charge in [-0.1, -0.05) is 30.3 Å². The largest absolute Gasteiger partial charge is 0.478 e. The maximum Gasteiger partial charge on any atom is 0.338 e. The molecular formula is C13H13N3O2S. The third-order valence-electron chi connectivity index (χ3n) is 2.50. The summed E-state index contributed by atoms with van der Waals surface area (Å²) in [6.07, 6.45) is 1.77. The molecule has 0 saturated heterocycles. The van der Waals surface area contributed by atoms with E-state index in [-0.39, 0.29) is 5.56 Å². The number of hydrogen-bond acceptors (Lipinski definition) is 5. The topological polar surface area (TPSA) is 75.1 Å². The number of nitrogens with one attached hydrogen (secondary N) is 1. The average molecular weight is 275 g/mol. The summed E-state index contributed by atoms with van der Waals surface area (Å²) in [4.78, 5) is 11.1. The lowest BCUT2D eigenvalue weighted by Gasteiger charge is -2.07. The van der Waals surface area contributed by atoms with Crippen molar-refractivity contribution in [3.8, 4) is 0 Å². The molecule has 5 nitrogen and oxygen atoms in total. The summed E-state index contributed by atoms with van der Waals surface area (Å²) >= 11 is 1.26. The lowest BCUT2D eigenvalue weighted by molar-refractivity contribution is 0.0692. The van der Waals surface area contributed by atoms with Crippen molar-refractivity contribution in [1.29, 1.82) is 0 Å². The Kier molecular flexibility index (Phi) is 4.35. The zero-order chi connectivity index (χ0) is 13.7. The number of anilines is 1. The standard InChI is InChI=1S/C13H13N3O2S/c1-19-12-10(13(17)18)7-11(15-16-12)14-8-9-5-3-2-4-6-9/h2-7H,8H2,1H3,(H,14,15)(H,17,18). The minimum absolute atomic E-state index is 0.165. The molecule has 0 amide bonds. The smallest absolute Gasteiger partial charge is 0.338 e. The molecule has 1 heterocycles. The molecule has 2 rings (SSSR count). The van der Waals surface area contributed by atoms with Crippen molar-refractivity contribution in [2.24, 2.45) is 0 Å². The summed E-state index contributed by atoms with van der Waals surface area (Å²) in [5.41, 5.74) is 1.26. The van der Waals surface area contributed by atoms with Crippen LogP contribution in [0.2, 0.25) is 0 Å². The highest BCUT2D eigenvalue weighted by Crippen LogP contribution is 2.19. The molecule has 0 aliphatic heterocycles. The molecule has 1 aromatic carbocycles. The van der Waals surface area contributed by atoms with Crippen LogP contribution < -0.4 is 5.32 Å². The predicted octanol–water partition coefficient (Wildman–Crippen LogP) is 2.51. The number of thioether (sulfide) groups is 1. The summed E-state index contributed by atoms with van der Waals surface area (Å²) < 4.78 is 0. The maximum atomic E-state index is 11.1. The van der Waals surface area contributed by atoms with Crippen LogP contribution in [0.4, 0.5) is 5.82 Å². The molecule has 0 bridgehead atoms. The average Bonchev–Trinajstić information content (AvgIpc) is 2.46. The van der Waals surface area contributed by atoms with E-state index in [1.165, 1.54) is 17.8 Å². The van der Waals surface area contributed by atoms with E-state index < -0.39 is 5.97 Å². The minimum atomic E-state index is -0.998. The van der Waals surface area contributed by atoms with E-state index >= 15 is 0 Å². The first-order valence-electron chi connectivity index (χ1n) is 5.63. The molecule has 0 aliphatic rings. The molecule has 19 heavy (non-hydrogen) atoms. The van der Waals surface area contributed by atoms with Crippen LogP contribution in [0.25, 0.3) is 0 Å². The van der Waals surface area contributed by atoms with Crippen molar-refractivity contribution >= 4 is 23.5 Å². The fraction of sp³-hybridized carbons (Fsp3) is 0.154. The second kappa shape index (κ2) is 6.19. The van der Waals surface area contributed by atoms with Gasteiger partial charge in [0.25, 0.3) is 0 Å². The maximum absolute atomic E-state index is 11.1. The van der Waals surface area contributed by atoms with Gasteiger partial charge >= 0.3 is 5.97 Å². The number of aromatic carboxylic acids is 1. The number of aromatic nitrogens is 2. The van der Waals surface area contributed by atoms with E-state index in [0.29, 0.717) is 17.4 Å². The zero-order valence-corrected chi connectivity index (χ0v) is 11.1. The summed E-state index contributed by atoms with van der Waals surface area (Å²) in [6, 6.07) is 11.3. The van der Waals surface area contributed by atoms with E-state index in [0.717, 1.165) is 5.56 Å². The summed E-state index contributed by atoms with van der Waals surface area (Å²) in [7, 11) is 0. The molecule has 6 heteroatoms. The molecule has 98 valence electrons. The quantitative estimate of drug-likeness (QED) is 0.817. The summed E-state index contributed by atoms with van der Waals surface area (Å²) in [6.45, 7) is 0.577.